The van der Waals surface area contributed by atoms with Gasteiger partial charge in [-0.3, -0.25) is 0 Å². The highest BCUT2D eigenvalue weighted by Gasteiger charge is 1.91. The zero-order chi connectivity index (χ0) is 8.81. The Balaban J connectivity index is 2.72. The first-order chi connectivity index (χ1) is 5.86. The maximum atomic E-state index is 8.87. The lowest BCUT2D eigenvalue weighted by molar-refractivity contribution is 0.282. The molecule has 0 saturated carbocycles. The second kappa shape index (κ2) is 4.73. The van der Waals surface area contributed by atoms with E-state index in [0.717, 1.165) is 12.0 Å². The van der Waals surface area contributed by atoms with Gasteiger partial charge in [-0.25, -0.2) is 0 Å². The Morgan fingerprint density at radius 2 is 2.08 bits per heavy atom. The van der Waals surface area contributed by atoms with E-state index in [4.69, 9.17) is 5.11 Å². The number of aliphatic hydroxyl groups is 1. The van der Waals surface area contributed by atoms with Crippen LogP contribution in [-0.4, -0.2) is 5.11 Å². The molecule has 0 heterocycles. The van der Waals surface area contributed by atoms with Crippen molar-refractivity contribution in [2.24, 2.45) is 0 Å². The summed E-state index contributed by atoms with van der Waals surface area (Å²) in [5.74, 6) is 0. The zero-order valence-corrected chi connectivity index (χ0v) is 7.33. The molecule has 1 nitrogen and oxygen atoms in total. The van der Waals surface area contributed by atoms with Crippen LogP contribution in [0.4, 0.5) is 0 Å². The Bertz CT molecular complexity index is 263. The SMILES string of the molecule is C/C=C\Cc1cccc(CO)c1. The minimum Gasteiger partial charge on any atom is -0.392 e. The van der Waals surface area contributed by atoms with Crippen molar-refractivity contribution in [1.82, 2.24) is 0 Å². The summed E-state index contributed by atoms with van der Waals surface area (Å²) >= 11 is 0. The average molecular weight is 162 g/mol. The Hall–Kier alpha value is -1.08. The van der Waals surface area contributed by atoms with E-state index in [1.165, 1.54) is 5.56 Å². The van der Waals surface area contributed by atoms with Gasteiger partial charge >= 0.3 is 0 Å². The Kier molecular flexibility index (Phi) is 3.55. The highest BCUT2D eigenvalue weighted by molar-refractivity contribution is 5.24. The maximum Gasteiger partial charge on any atom is 0.0681 e. The Morgan fingerprint density at radius 3 is 2.75 bits per heavy atom. The minimum absolute atomic E-state index is 0.129. The van der Waals surface area contributed by atoms with Crippen molar-refractivity contribution in [3.05, 3.63) is 47.5 Å². The predicted octanol–water partition coefficient (Wildman–Crippen LogP) is 2.30. The number of allylic oxidation sites excluding steroid dienone is 2. The molecule has 12 heavy (non-hydrogen) atoms. The number of hydrogen-bond donors (Lipinski definition) is 1. The van der Waals surface area contributed by atoms with Crippen molar-refractivity contribution in [3.63, 3.8) is 0 Å². The summed E-state index contributed by atoms with van der Waals surface area (Å²) in [4.78, 5) is 0. The molecule has 0 aliphatic heterocycles. The molecule has 0 amide bonds. The molecule has 0 spiro atoms. The highest BCUT2D eigenvalue weighted by Crippen LogP contribution is 2.06. The van der Waals surface area contributed by atoms with Gasteiger partial charge in [0.2, 0.25) is 0 Å². The van der Waals surface area contributed by atoms with E-state index >= 15 is 0 Å². The van der Waals surface area contributed by atoms with Crippen molar-refractivity contribution >= 4 is 0 Å². The molecule has 0 aromatic heterocycles. The van der Waals surface area contributed by atoms with Gasteiger partial charge in [0.25, 0.3) is 0 Å². The number of aliphatic hydroxyl groups excluding tert-OH is 1. The topological polar surface area (TPSA) is 20.2 Å². The van der Waals surface area contributed by atoms with Crippen molar-refractivity contribution in [3.8, 4) is 0 Å². The van der Waals surface area contributed by atoms with E-state index in [0.29, 0.717) is 0 Å². The third kappa shape index (κ3) is 2.51. The third-order valence-electron chi connectivity index (χ3n) is 1.76. The van der Waals surface area contributed by atoms with Crippen LogP contribution < -0.4 is 0 Å². The molecule has 0 unspecified atom stereocenters. The molecule has 1 rings (SSSR count). The average Bonchev–Trinajstić information content (AvgIpc) is 2.15. The molecule has 64 valence electrons. The molecule has 0 bridgehead atoms. The molecule has 1 heteroatoms. The second-order valence-corrected chi connectivity index (χ2v) is 2.75. The quantitative estimate of drug-likeness (QED) is 0.676. The maximum absolute atomic E-state index is 8.87. The van der Waals surface area contributed by atoms with E-state index in [9.17, 15) is 0 Å². The Labute approximate surface area is 73.4 Å². The Morgan fingerprint density at radius 1 is 1.33 bits per heavy atom. The molecule has 0 saturated heterocycles. The minimum atomic E-state index is 0.129. The summed E-state index contributed by atoms with van der Waals surface area (Å²) in [7, 11) is 0. The van der Waals surface area contributed by atoms with Gasteiger partial charge in [-0.1, -0.05) is 36.4 Å². The fourth-order valence-electron chi connectivity index (χ4n) is 1.11. The van der Waals surface area contributed by atoms with Crippen molar-refractivity contribution in [2.45, 2.75) is 20.0 Å². The first-order valence-corrected chi connectivity index (χ1v) is 4.16. The van der Waals surface area contributed by atoms with E-state index in [1.54, 1.807) is 0 Å². The fourth-order valence-corrected chi connectivity index (χ4v) is 1.11. The molecule has 0 aliphatic carbocycles. The molecular weight excluding hydrogens is 148 g/mol. The van der Waals surface area contributed by atoms with Crippen LogP contribution in [-0.2, 0) is 13.0 Å². The lowest BCUT2D eigenvalue weighted by atomic mass is 10.1. The van der Waals surface area contributed by atoms with Gasteiger partial charge in [-0.05, 0) is 24.5 Å². The summed E-state index contributed by atoms with van der Waals surface area (Å²) in [5, 5.41) is 8.87. The first kappa shape index (κ1) is 9.01. The van der Waals surface area contributed by atoms with Gasteiger partial charge in [0.1, 0.15) is 0 Å². The molecule has 1 N–H and O–H groups in total. The molecule has 0 radical (unpaired) electrons. The lowest BCUT2D eigenvalue weighted by Crippen LogP contribution is -1.86. The van der Waals surface area contributed by atoms with Crippen LogP contribution in [0.2, 0.25) is 0 Å². The number of hydrogen-bond acceptors (Lipinski definition) is 1. The summed E-state index contributed by atoms with van der Waals surface area (Å²) in [6, 6.07) is 8.00. The van der Waals surface area contributed by atoms with Gasteiger partial charge in [0, 0.05) is 0 Å². The molecule has 1 aromatic carbocycles. The van der Waals surface area contributed by atoms with Crippen LogP contribution in [0.5, 0.6) is 0 Å². The van der Waals surface area contributed by atoms with Gasteiger partial charge in [0.15, 0.2) is 0 Å². The zero-order valence-electron chi connectivity index (χ0n) is 7.33. The summed E-state index contributed by atoms with van der Waals surface area (Å²) in [5.41, 5.74) is 2.23. The third-order valence-corrected chi connectivity index (χ3v) is 1.76. The van der Waals surface area contributed by atoms with E-state index in [-0.39, 0.29) is 6.61 Å². The predicted molar refractivity (Wildman–Crippen MR) is 50.9 cm³/mol. The summed E-state index contributed by atoms with van der Waals surface area (Å²) in [6.07, 6.45) is 5.09. The van der Waals surface area contributed by atoms with Gasteiger partial charge in [0.05, 0.1) is 6.61 Å². The molecular formula is C11H14O. The van der Waals surface area contributed by atoms with Gasteiger partial charge < -0.3 is 5.11 Å². The fraction of sp³-hybridized carbons (Fsp3) is 0.273. The van der Waals surface area contributed by atoms with Crippen LogP contribution >= 0.6 is 0 Å². The molecule has 1 aromatic rings. The lowest BCUT2D eigenvalue weighted by Gasteiger charge is -1.99. The number of rotatable bonds is 3. The standard InChI is InChI=1S/C11H14O/c1-2-3-5-10-6-4-7-11(8-10)9-12/h2-4,6-8,12H,5,9H2,1H3/b3-2-. The van der Waals surface area contributed by atoms with Crippen LogP contribution in [0.3, 0.4) is 0 Å². The number of benzene rings is 1. The summed E-state index contributed by atoms with van der Waals surface area (Å²) in [6.45, 7) is 2.14. The first-order valence-electron chi connectivity index (χ1n) is 4.16. The normalized spacial score (nSPS) is 10.8. The second-order valence-electron chi connectivity index (χ2n) is 2.75. The van der Waals surface area contributed by atoms with Crippen LogP contribution in [0, 0.1) is 0 Å². The smallest absolute Gasteiger partial charge is 0.0681 e. The van der Waals surface area contributed by atoms with Crippen molar-refractivity contribution in [1.29, 1.82) is 0 Å². The van der Waals surface area contributed by atoms with Crippen LogP contribution in [0.1, 0.15) is 18.1 Å². The summed E-state index contributed by atoms with van der Waals surface area (Å²) < 4.78 is 0. The van der Waals surface area contributed by atoms with E-state index in [2.05, 4.69) is 12.1 Å². The molecule has 0 fully saturated rings. The highest BCUT2D eigenvalue weighted by atomic mass is 16.3. The molecule has 0 atom stereocenters. The monoisotopic (exact) mass is 162 g/mol. The van der Waals surface area contributed by atoms with Gasteiger partial charge in [-0.15, -0.1) is 0 Å². The van der Waals surface area contributed by atoms with Crippen molar-refractivity contribution in [2.75, 3.05) is 0 Å². The van der Waals surface area contributed by atoms with Crippen LogP contribution in [0.15, 0.2) is 36.4 Å². The van der Waals surface area contributed by atoms with Crippen LogP contribution in [0.25, 0.3) is 0 Å². The van der Waals surface area contributed by atoms with E-state index in [1.807, 2.05) is 31.2 Å². The van der Waals surface area contributed by atoms with E-state index < -0.39 is 0 Å². The molecule has 0 aliphatic rings. The van der Waals surface area contributed by atoms with Gasteiger partial charge in [-0.2, -0.15) is 0 Å². The largest absolute Gasteiger partial charge is 0.392 e. The van der Waals surface area contributed by atoms with Crippen molar-refractivity contribution < 1.29 is 5.11 Å².